The van der Waals surface area contributed by atoms with Crippen molar-refractivity contribution in [2.24, 2.45) is 11.7 Å². The van der Waals surface area contributed by atoms with Gasteiger partial charge in [0.25, 0.3) is 0 Å². The lowest BCUT2D eigenvalue weighted by Gasteiger charge is -2.25. The number of aryl methyl sites for hydroxylation is 1. The van der Waals surface area contributed by atoms with E-state index < -0.39 is 0 Å². The van der Waals surface area contributed by atoms with Crippen LogP contribution in [-0.4, -0.2) is 9.97 Å². The summed E-state index contributed by atoms with van der Waals surface area (Å²) in [4.78, 5) is 9.52. The van der Waals surface area contributed by atoms with Crippen LogP contribution < -0.4 is 5.73 Å². The van der Waals surface area contributed by atoms with Crippen molar-refractivity contribution in [1.29, 1.82) is 0 Å². The van der Waals surface area contributed by atoms with Gasteiger partial charge in [-0.15, -0.1) is 0 Å². The molecule has 0 saturated heterocycles. The van der Waals surface area contributed by atoms with Crippen molar-refractivity contribution in [2.75, 3.05) is 0 Å². The zero-order chi connectivity index (χ0) is 13.2. The fraction of sp³-hybridized carbons (Fsp3) is 0.750. The third-order valence-electron chi connectivity index (χ3n) is 4.88. The summed E-state index contributed by atoms with van der Waals surface area (Å²) in [7, 11) is 0. The van der Waals surface area contributed by atoms with E-state index in [9.17, 15) is 0 Å². The van der Waals surface area contributed by atoms with Gasteiger partial charge in [0.05, 0.1) is 0 Å². The SMILES string of the molecule is CC1CCC(c2ncc3c(n2)CCCCC3N)CC1. The summed E-state index contributed by atoms with van der Waals surface area (Å²) in [6.45, 7) is 2.35. The van der Waals surface area contributed by atoms with Gasteiger partial charge < -0.3 is 5.73 Å². The van der Waals surface area contributed by atoms with Crippen molar-refractivity contribution in [3.63, 3.8) is 0 Å². The predicted molar refractivity (Wildman–Crippen MR) is 76.9 cm³/mol. The van der Waals surface area contributed by atoms with Crippen LogP contribution in [0.2, 0.25) is 0 Å². The minimum absolute atomic E-state index is 0.151. The summed E-state index contributed by atoms with van der Waals surface area (Å²) in [5, 5.41) is 0. The Kier molecular flexibility index (Phi) is 3.83. The standard InChI is InChI=1S/C16H25N3/c1-11-6-8-12(9-7-11)16-18-10-13-14(17)4-2-3-5-15(13)19-16/h10-12,14H,2-9,17H2,1H3. The molecular weight excluding hydrogens is 234 g/mol. The third-order valence-corrected chi connectivity index (χ3v) is 4.88. The molecule has 1 heterocycles. The summed E-state index contributed by atoms with van der Waals surface area (Å²) in [6.07, 6.45) is 11.8. The van der Waals surface area contributed by atoms with Gasteiger partial charge in [0.2, 0.25) is 0 Å². The van der Waals surface area contributed by atoms with Gasteiger partial charge in [0, 0.05) is 29.4 Å². The van der Waals surface area contributed by atoms with Crippen LogP contribution in [0, 0.1) is 5.92 Å². The fourth-order valence-electron chi connectivity index (χ4n) is 3.48. The molecule has 19 heavy (non-hydrogen) atoms. The van der Waals surface area contributed by atoms with Gasteiger partial charge in [0.1, 0.15) is 5.82 Å². The number of hydrogen-bond donors (Lipinski definition) is 1. The Bertz CT molecular complexity index is 436. The first-order valence-electron chi connectivity index (χ1n) is 7.85. The lowest BCUT2D eigenvalue weighted by molar-refractivity contribution is 0.339. The predicted octanol–water partition coefficient (Wildman–Crippen LogP) is 3.50. The topological polar surface area (TPSA) is 51.8 Å². The molecule has 3 nitrogen and oxygen atoms in total. The van der Waals surface area contributed by atoms with E-state index in [2.05, 4.69) is 11.9 Å². The molecule has 0 aromatic carbocycles. The second-order valence-electron chi connectivity index (χ2n) is 6.44. The summed E-state index contributed by atoms with van der Waals surface area (Å²) in [5.41, 5.74) is 8.64. The maximum absolute atomic E-state index is 6.21. The Morgan fingerprint density at radius 1 is 1.11 bits per heavy atom. The summed E-state index contributed by atoms with van der Waals surface area (Å²) >= 11 is 0. The van der Waals surface area contributed by atoms with E-state index in [4.69, 9.17) is 10.7 Å². The second kappa shape index (κ2) is 5.58. The summed E-state index contributed by atoms with van der Waals surface area (Å²) in [6, 6.07) is 0.151. The Morgan fingerprint density at radius 2 is 1.89 bits per heavy atom. The van der Waals surface area contributed by atoms with E-state index in [0.717, 1.165) is 24.6 Å². The first kappa shape index (κ1) is 13.0. The Morgan fingerprint density at radius 3 is 2.68 bits per heavy atom. The highest BCUT2D eigenvalue weighted by molar-refractivity contribution is 5.23. The largest absolute Gasteiger partial charge is 0.324 e. The fourth-order valence-corrected chi connectivity index (χ4v) is 3.48. The van der Waals surface area contributed by atoms with Gasteiger partial charge in [-0.25, -0.2) is 9.97 Å². The molecule has 1 atom stereocenters. The molecule has 2 N–H and O–H groups in total. The molecule has 1 aromatic rings. The maximum atomic E-state index is 6.21. The molecular formula is C16H25N3. The number of nitrogens with zero attached hydrogens (tertiary/aromatic N) is 2. The average Bonchev–Trinajstić information content (AvgIpc) is 2.61. The van der Waals surface area contributed by atoms with E-state index in [1.807, 2.05) is 6.20 Å². The van der Waals surface area contributed by atoms with Gasteiger partial charge in [-0.3, -0.25) is 0 Å². The van der Waals surface area contributed by atoms with E-state index in [-0.39, 0.29) is 6.04 Å². The van der Waals surface area contributed by atoms with Crippen LogP contribution in [0.4, 0.5) is 0 Å². The van der Waals surface area contributed by atoms with E-state index >= 15 is 0 Å². The molecule has 1 aromatic heterocycles. The number of rotatable bonds is 1. The summed E-state index contributed by atoms with van der Waals surface area (Å²) < 4.78 is 0. The van der Waals surface area contributed by atoms with Crippen molar-refractivity contribution in [3.05, 3.63) is 23.3 Å². The lowest BCUT2D eigenvalue weighted by Crippen LogP contribution is -2.17. The van der Waals surface area contributed by atoms with Crippen LogP contribution in [0.5, 0.6) is 0 Å². The normalized spacial score (nSPS) is 31.6. The van der Waals surface area contributed by atoms with Crippen molar-refractivity contribution in [3.8, 4) is 0 Å². The van der Waals surface area contributed by atoms with Gasteiger partial charge >= 0.3 is 0 Å². The van der Waals surface area contributed by atoms with Crippen molar-refractivity contribution >= 4 is 0 Å². The number of fused-ring (bicyclic) bond motifs is 1. The molecule has 1 saturated carbocycles. The van der Waals surface area contributed by atoms with Crippen LogP contribution in [-0.2, 0) is 6.42 Å². The first-order chi connectivity index (χ1) is 9.24. The maximum Gasteiger partial charge on any atom is 0.131 e. The van der Waals surface area contributed by atoms with Gasteiger partial charge in [-0.05, 0) is 38.0 Å². The third kappa shape index (κ3) is 2.81. The zero-order valence-electron chi connectivity index (χ0n) is 11.9. The number of hydrogen-bond acceptors (Lipinski definition) is 3. The molecule has 0 aliphatic heterocycles. The number of aromatic nitrogens is 2. The summed E-state index contributed by atoms with van der Waals surface area (Å²) in [5.74, 6) is 2.55. The van der Waals surface area contributed by atoms with Crippen LogP contribution >= 0.6 is 0 Å². The highest BCUT2D eigenvalue weighted by Gasteiger charge is 2.24. The lowest BCUT2D eigenvalue weighted by atomic mass is 9.82. The van der Waals surface area contributed by atoms with E-state index in [0.29, 0.717) is 5.92 Å². The minimum atomic E-state index is 0.151. The molecule has 2 aliphatic rings. The molecule has 2 aliphatic carbocycles. The minimum Gasteiger partial charge on any atom is -0.324 e. The van der Waals surface area contributed by atoms with Crippen LogP contribution in [0.15, 0.2) is 6.20 Å². The quantitative estimate of drug-likeness (QED) is 0.785. The Hall–Kier alpha value is -0.960. The highest BCUT2D eigenvalue weighted by Crippen LogP contribution is 2.35. The van der Waals surface area contributed by atoms with Crippen molar-refractivity contribution in [1.82, 2.24) is 9.97 Å². The molecule has 0 amide bonds. The second-order valence-corrected chi connectivity index (χ2v) is 6.44. The molecule has 104 valence electrons. The van der Waals surface area contributed by atoms with Crippen LogP contribution in [0.25, 0.3) is 0 Å². The molecule has 1 fully saturated rings. The number of nitrogens with two attached hydrogens (primary N) is 1. The van der Waals surface area contributed by atoms with Gasteiger partial charge in [-0.1, -0.05) is 26.2 Å². The Balaban J connectivity index is 1.82. The van der Waals surface area contributed by atoms with Gasteiger partial charge in [0.15, 0.2) is 0 Å². The van der Waals surface area contributed by atoms with E-state index in [1.165, 1.54) is 49.8 Å². The zero-order valence-corrected chi connectivity index (χ0v) is 11.9. The molecule has 1 unspecified atom stereocenters. The van der Waals surface area contributed by atoms with Crippen molar-refractivity contribution in [2.45, 2.75) is 70.3 Å². The first-order valence-corrected chi connectivity index (χ1v) is 7.85. The molecule has 3 heteroatoms. The van der Waals surface area contributed by atoms with Gasteiger partial charge in [-0.2, -0.15) is 0 Å². The van der Waals surface area contributed by atoms with Crippen LogP contribution in [0.1, 0.15) is 80.9 Å². The molecule has 0 bridgehead atoms. The van der Waals surface area contributed by atoms with Crippen molar-refractivity contribution < 1.29 is 0 Å². The van der Waals surface area contributed by atoms with E-state index in [1.54, 1.807) is 0 Å². The smallest absolute Gasteiger partial charge is 0.131 e. The highest BCUT2D eigenvalue weighted by atomic mass is 14.9. The Labute approximate surface area is 116 Å². The monoisotopic (exact) mass is 259 g/mol. The molecule has 0 radical (unpaired) electrons. The molecule has 3 rings (SSSR count). The molecule has 0 spiro atoms. The average molecular weight is 259 g/mol. The van der Waals surface area contributed by atoms with Crippen LogP contribution in [0.3, 0.4) is 0 Å².